The fourth-order valence-corrected chi connectivity index (χ4v) is 4.43. The Morgan fingerprint density at radius 2 is 1.86 bits per heavy atom. The lowest BCUT2D eigenvalue weighted by Crippen LogP contribution is -2.46. The van der Waals surface area contributed by atoms with Gasteiger partial charge in [0.15, 0.2) is 0 Å². The number of aryl methyl sites for hydroxylation is 1. The van der Waals surface area contributed by atoms with Crippen molar-refractivity contribution in [1.29, 1.82) is 0 Å². The summed E-state index contributed by atoms with van der Waals surface area (Å²) in [5.41, 5.74) is 1.02. The maximum Gasteiger partial charge on any atom is 0.243 e. The minimum Gasteiger partial charge on any atom is -0.391 e. The van der Waals surface area contributed by atoms with E-state index in [1.165, 1.54) is 4.31 Å². The molecular formula is C15H22ClNO3S. The fraction of sp³-hybridized carbons (Fsp3) is 0.600. The second-order valence-electron chi connectivity index (χ2n) is 5.52. The summed E-state index contributed by atoms with van der Waals surface area (Å²) >= 11 is 5.68. The number of likely N-dealkylation sites (N-methyl/N-ethyl adjacent to an activating group) is 1. The van der Waals surface area contributed by atoms with Gasteiger partial charge in [-0.2, -0.15) is 4.31 Å². The molecule has 0 bridgehead atoms. The van der Waals surface area contributed by atoms with Crippen LogP contribution in [0.5, 0.6) is 0 Å². The van der Waals surface area contributed by atoms with Crippen molar-refractivity contribution in [3.05, 3.63) is 29.8 Å². The van der Waals surface area contributed by atoms with Gasteiger partial charge in [0.2, 0.25) is 10.0 Å². The summed E-state index contributed by atoms with van der Waals surface area (Å²) in [7, 11) is -2.01. The smallest absolute Gasteiger partial charge is 0.243 e. The monoisotopic (exact) mass is 331 g/mol. The predicted octanol–water partition coefficient (Wildman–Crippen LogP) is 2.39. The van der Waals surface area contributed by atoms with Crippen LogP contribution in [-0.2, 0) is 16.4 Å². The van der Waals surface area contributed by atoms with E-state index in [2.05, 4.69) is 0 Å². The SMILES string of the molecule is CN(C1CCCCC1O)S(=O)(=O)c1ccc(CCCl)cc1. The lowest BCUT2D eigenvalue weighted by molar-refractivity contribution is 0.0638. The van der Waals surface area contributed by atoms with Crippen LogP contribution in [0.3, 0.4) is 0 Å². The molecule has 0 aromatic heterocycles. The number of hydrogen-bond acceptors (Lipinski definition) is 3. The van der Waals surface area contributed by atoms with Crippen molar-refractivity contribution in [1.82, 2.24) is 4.31 Å². The van der Waals surface area contributed by atoms with Crippen LogP contribution in [0.2, 0.25) is 0 Å². The van der Waals surface area contributed by atoms with E-state index in [0.717, 1.165) is 24.8 Å². The molecule has 0 radical (unpaired) electrons. The molecule has 4 nitrogen and oxygen atoms in total. The second kappa shape index (κ2) is 7.09. The molecule has 2 unspecified atom stereocenters. The highest BCUT2D eigenvalue weighted by atomic mass is 35.5. The molecule has 2 rings (SSSR count). The number of benzene rings is 1. The molecule has 1 aromatic rings. The van der Waals surface area contributed by atoms with Crippen LogP contribution in [0.4, 0.5) is 0 Å². The molecule has 0 amide bonds. The molecule has 6 heteroatoms. The van der Waals surface area contributed by atoms with Gasteiger partial charge in [-0.25, -0.2) is 8.42 Å². The van der Waals surface area contributed by atoms with Crippen LogP contribution >= 0.6 is 11.6 Å². The topological polar surface area (TPSA) is 57.6 Å². The predicted molar refractivity (Wildman–Crippen MR) is 84.1 cm³/mol. The average molecular weight is 332 g/mol. The number of aliphatic hydroxyl groups is 1. The summed E-state index contributed by atoms with van der Waals surface area (Å²) in [6.45, 7) is 0. The number of nitrogens with zero attached hydrogens (tertiary/aromatic N) is 1. The van der Waals surface area contributed by atoms with Gasteiger partial charge in [-0.1, -0.05) is 25.0 Å². The first-order valence-electron chi connectivity index (χ1n) is 7.28. The van der Waals surface area contributed by atoms with E-state index in [-0.39, 0.29) is 10.9 Å². The number of hydrogen-bond donors (Lipinski definition) is 1. The van der Waals surface area contributed by atoms with Crippen molar-refractivity contribution in [2.45, 2.75) is 49.1 Å². The lowest BCUT2D eigenvalue weighted by atomic mass is 9.93. The zero-order valence-corrected chi connectivity index (χ0v) is 13.8. The van der Waals surface area contributed by atoms with E-state index < -0.39 is 16.1 Å². The molecule has 118 valence electrons. The molecule has 1 fully saturated rings. The summed E-state index contributed by atoms with van der Waals surface area (Å²) in [6, 6.07) is 6.48. The van der Waals surface area contributed by atoms with Crippen molar-refractivity contribution in [3.63, 3.8) is 0 Å². The highest BCUT2D eigenvalue weighted by Gasteiger charge is 2.34. The van der Waals surface area contributed by atoms with Crippen molar-refractivity contribution in [2.24, 2.45) is 0 Å². The largest absolute Gasteiger partial charge is 0.391 e. The van der Waals surface area contributed by atoms with Gasteiger partial charge in [0.25, 0.3) is 0 Å². The van der Waals surface area contributed by atoms with Crippen LogP contribution in [0.25, 0.3) is 0 Å². The first kappa shape index (κ1) is 16.7. The Labute approximate surface area is 131 Å². The third-order valence-corrected chi connectivity index (χ3v) is 6.23. The molecule has 1 N–H and O–H groups in total. The van der Waals surface area contributed by atoms with Crippen LogP contribution in [-0.4, -0.2) is 42.9 Å². The van der Waals surface area contributed by atoms with Gasteiger partial charge in [0, 0.05) is 12.9 Å². The van der Waals surface area contributed by atoms with Crippen molar-refractivity contribution in [3.8, 4) is 0 Å². The maximum atomic E-state index is 12.6. The summed E-state index contributed by atoms with van der Waals surface area (Å²) in [4.78, 5) is 0.265. The number of alkyl halides is 1. The van der Waals surface area contributed by atoms with Gasteiger partial charge in [0.1, 0.15) is 0 Å². The van der Waals surface area contributed by atoms with Gasteiger partial charge >= 0.3 is 0 Å². The molecule has 1 aliphatic rings. The molecular weight excluding hydrogens is 310 g/mol. The zero-order chi connectivity index (χ0) is 15.5. The zero-order valence-electron chi connectivity index (χ0n) is 12.2. The Bertz CT molecular complexity index is 559. The molecule has 21 heavy (non-hydrogen) atoms. The maximum absolute atomic E-state index is 12.6. The van der Waals surface area contributed by atoms with Crippen LogP contribution < -0.4 is 0 Å². The minimum atomic E-state index is -3.56. The molecule has 0 aliphatic heterocycles. The molecule has 0 saturated heterocycles. The molecule has 1 saturated carbocycles. The van der Waals surface area contributed by atoms with Crippen LogP contribution in [0, 0.1) is 0 Å². The van der Waals surface area contributed by atoms with Gasteiger partial charge in [-0.3, -0.25) is 0 Å². The van der Waals surface area contributed by atoms with E-state index in [9.17, 15) is 13.5 Å². The van der Waals surface area contributed by atoms with Crippen molar-refractivity contribution >= 4 is 21.6 Å². The number of aliphatic hydroxyl groups excluding tert-OH is 1. The van der Waals surface area contributed by atoms with Crippen molar-refractivity contribution < 1.29 is 13.5 Å². The summed E-state index contributed by atoms with van der Waals surface area (Å²) in [6.07, 6.45) is 3.43. The van der Waals surface area contributed by atoms with Crippen molar-refractivity contribution in [2.75, 3.05) is 12.9 Å². The number of halogens is 1. The van der Waals surface area contributed by atoms with Gasteiger partial charge < -0.3 is 5.11 Å². The summed E-state index contributed by atoms with van der Waals surface area (Å²) < 4.78 is 26.6. The summed E-state index contributed by atoms with van der Waals surface area (Å²) in [5, 5.41) is 10.0. The third kappa shape index (κ3) is 3.77. The normalized spacial score (nSPS) is 23.4. The standard InChI is InChI=1S/C15H22ClNO3S/c1-17(14-4-2-3-5-15(14)18)21(19,20)13-8-6-12(7-9-13)10-11-16/h6-9,14-15,18H,2-5,10-11H2,1H3. The Kier molecular flexibility index (Phi) is 5.66. The van der Waals surface area contributed by atoms with Gasteiger partial charge in [-0.15, -0.1) is 11.6 Å². The van der Waals surface area contributed by atoms with E-state index in [1.54, 1.807) is 31.3 Å². The Hall–Kier alpha value is -0.620. The van der Waals surface area contributed by atoms with E-state index in [1.807, 2.05) is 0 Å². The van der Waals surface area contributed by atoms with Gasteiger partial charge in [-0.05, 0) is 37.0 Å². The van der Waals surface area contributed by atoms with E-state index >= 15 is 0 Å². The Balaban J connectivity index is 2.19. The van der Waals surface area contributed by atoms with Crippen LogP contribution in [0.15, 0.2) is 29.2 Å². The average Bonchev–Trinajstić information content (AvgIpc) is 2.48. The van der Waals surface area contributed by atoms with Crippen LogP contribution in [0.1, 0.15) is 31.2 Å². The Morgan fingerprint density at radius 3 is 2.43 bits per heavy atom. The van der Waals surface area contributed by atoms with E-state index in [4.69, 9.17) is 11.6 Å². The molecule has 2 atom stereocenters. The molecule has 1 aliphatic carbocycles. The summed E-state index contributed by atoms with van der Waals surface area (Å²) in [5.74, 6) is 0.514. The lowest BCUT2D eigenvalue weighted by Gasteiger charge is -2.34. The third-order valence-electron chi connectivity index (χ3n) is 4.14. The Morgan fingerprint density at radius 1 is 1.24 bits per heavy atom. The first-order valence-corrected chi connectivity index (χ1v) is 9.25. The number of rotatable bonds is 5. The number of sulfonamides is 1. The first-order chi connectivity index (χ1) is 9.96. The van der Waals surface area contributed by atoms with Gasteiger partial charge in [0.05, 0.1) is 17.0 Å². The molecule has 1 aromatic carbocycles. The highest BCUT2D eigenvalue weighted by Crippen LogP contribution is 2.27. The minimum absolute atomic E-state index is 0.265. The molecule has 0 spiro atoms. The van der Waals surface area contributed by atoms with E-state index in [0.29, 0.717) is 18.7 Å². The molecule has 0 heterocycles. The quantitative estimate of drug-likeness (QED) is 0.843. The second-order valence-corrected chi connectivity index (χ2v) is 7.90. The highest BCUT2D eigenvalue weighted by molar-refractivity contribution is 7.89. The fourth-order valence-electron chi connectivity index (χ4n) is 2.80.